The van der Waals surface area contributed by atoms with Crippen LogP contribution in [0.3, 0.4) is 0 Å². The summed E-state index contributed by atoms with van der Waals surface area (Å²) in [5.41, 5.74) is 15.4. The maximum absolute atomic E-state index is 2.40. The Morgan fingerprint density at radius 3 is 1.37 bits per heavy atom. The minimum Gasteiger partial charge on any atom is -0.310 e. The Hall–Kier alpha value is -7.48. The third-order valence-corrected chi connectivity index (χ3v) is 11.1. The van der Waals surface area contributed by atoms with Gasteiger partial charge in [-0.3, -0.25) is 0 Å². The first-order chi connectivity index (χ1) is 28.3. The lowest BCUT2D eigenvalue weighted by Crippen LogP contribution is -2.11. The SMILES string of the molecule is c1ccc(-c2cccc(N(c3ccc(-c4cccc5c(-c6ccccc6)c(-c6ccccc6)c6ccccc6c45)cc3)c3ccccc3-c3ccccc3)c2)cc1. The monoisotopic (exact) mass is 725 g/mol. The zero-order chi connectivity index (χ0) is 38.0. The van der Waals surface area contributed by atoms with Crippen molar-refractivity contribution >= 4 is 38.6 Å². The molecule has 1 nitrogen and oxygen atoms in total. The summed E-state index contributed by atoms with van der Waals surface area (Å²) in [5.74, 6) is 0. The molecule has 0 radical (unpaired) electrons. The second-order valence-corrected chi connectivity index (χ2v) is 14.4. The van der Waals surface area contributed by atoms with Crippen LogP contribution in [0, 0.1) is 0 Å². The molecule has 0 aliphatic carbocycles. The number of para-hydroxylation sites is 1. The van der Waals surface area contributed by atoms with E-state index in [0.717, 1.165) is 17.1 Å². The van der Waals surface area contributed by atoms with Crippen LogP contribution < -0.4 is 4.90 Å². The molecular formula is C56H39N. The van der Waals surface area contributed by atoms with E-state index >= 15 is 0 Å². The number of rotatable bonds is 8. The van der Waals surface area contributed by atoms with Crippen molar-refractivity contribution in [2.75, 3.05) is 4.90 Å². The first-order valence-corrected chi connectivity index (χ1v) is 19.6. The van der Waals surface area contributed by atoms with Crippen molar-refractivity contribution < 1.29 is 0 Å². The van der Waals surface area contributed by atoms with Crippen molar-refractivity contribution in [3.63, 3.8) is 0 Å². The highest BCUT2D eigenvalue weighted by molar-refractivity contribution is 6.25. The van der Waals surface area contributed by atoms with Gasteiger partial charge in [-0.2, -0.15) is 0 Å². The predicted octanol–water partition coefficient (Wildman–Crippen LogP) is 15.8. The van der Waals surface area contributed by atoms with Gasteiger partial charge in [0.1, 0.15) is 0 Å². The molecule has 57 heavy (non-hydrogen) atoms. The molecule has 1 heteroatoms. The van der Waals surface area contributed by atoms with E-state index < -0.39 is 0 Å². The van der Waals surface area contributed by atoms with Crippen LogP contribution in [0.2, 0.25) is 0 Å². The summed E-state index contributed by atoms with van der Waals surface area (Å²) in [7, 11) is 0. The normalized spacial score (nSPS) is 11.2. The van der Waals surface area contributed by atoms with Crippen molar-refractivity contribution in [2.45, 2.75) is 0 Å². The number of hydrogen-bond acceptors (Lipinski definition) is 1. The van der Waals surface area contributed by atoms with Crippen molar-refractivity contribution in [3.05, 3.63) is 237 Å². The summed E-state index contributed by atoms with van der Waals surface area (Å²) in [6.45, 7) is 0. The van der Waals surface area contributed by atoms with Gasteiger partial charge in [-0.15, -0.1) is 0 Å². The Morgan fingerprint density at radius 1 is 0.246 bits per heavy atom. The summed E-state index contributed by atoms with van der Waals surface area (Å²) in [4.78, 5) is 2.40. The van der Waals surface area contributed by atoms with Crippen LogP contribution in [0.5, 0.6) is 0 Å². The quantitative estimate of drug-likeness (QED) is 0.141. The smallest absolute Gasteiger partial charge is 0.0540 e. The van der Waals surface area contributed by atoms with E-state index in [9.17, 15) is 0 Å². The lowest BCUT2D eigenvalue weighted by Gasteiger charge is -2.28. The Morgan fingerprint density at radius 2 is 0.702 bits per heavy atom. The highest BCUT2D eigenvalue weighted by atomic mass is 15.1. The fourth-order valence-corrected chi connectivity index (χ4v) is 8.49. The zero-order valence-corrected chi connectivity index (χ0v) is 31.5. The lowest BCUT2D eigenvalue weighted by molar-refractivity contribution is 1.28. The minimum atomic E-state index is 1.09. The van der Waals surface area contributed by atoms with Gasteiger partial charge >= 0.3 is 0 Å². The molecule has 10 aromatic rings. The molecular weight excluding hydrogens is 687 g/mol. The highest BCUT2D eigenvalue weighted by Gasteiger charge is 2.21. The van der Waals surface area contributed by atoms with Crippen LogP contribution >= 0.6 is 0 Å². The largest absolute Gasteiger partial charge is 0.310 e. The lowest BCUT2D eigenvalue weighted by atomic mass is 9.83. The number of hydrogen-bond donors (Lipinski definition) is 0. The molecule has 268 valence electrons. The van der Waals surface area contributed by atoms with Crippen molar-refractivity contribution in [2.24, 2.45) is 0 Å². The molecule has 0 saturated carbocycles. The van der Waals surface area contributed by atoms with Gasteiger partial charge in [0, 0.05) is 16.9 Å². The van der Waals surface area contributed by atoms with Gasteiger partial charge in [0.05, 0.1) is 5.69 Å². The molecule has 0 atom stereocenters. The van der Waals surface area contributed by atoms with Gasteiger partial charge in [-0.05, 0) is 102 Å². The average molecular weight is 726 g/mol. The molecule has 0 aromatic heterocycles. The summed E-state index contributed by atoms with van der Waals surface area (Å²) in [5, 5.41) is 5.01. The first kappa shape index (κ1) is 34.0. The Bertz CT molecular complexity index is 2970. The van der Waals surface area contributed by atoms with E-state index in [0.29, 0.717) is 0 Å². The van der Waals surface area contributed by atoms with Crippen LogP contribution in [-0.2, 0) is 0 Å². The highest BCUT2D eigenvalue weighted by Crippen LogP contribution is 2.48. The fraction of sp³-hybridized carbons (Fsp3) is 0. The van der Waals surface area contributed by atoms with Crippen molar-refractivity contribution in [1.29, 1.82) is 0 Å². The van der Waals surface area contributed by atoms with Crippen molar-refractivity contribution in [3.8, 4) is 55.6 Å². The molecule has 0 spiro atoms. The van der Waals surface area contributed by atoms with Crippen LogP contribution in [0.15, 0.2) is 237 Å². The Kier molecular flexibility index (Phi) is 8.95. The topological polar surface area (TPSA) is 3.24 Å². The van der Waals surface area contributed by atoms with E-state index in [4.69, 9.17) is 0 Å². The molecule has 0 N–H and O–H groups in total. The summed E-state index contributed by atoms with van der Waals surface area (Å²) in [6.07, 6.45) is 0. The standard InChI is InChI=1S/C56H39N/c1-5-19-40(20-6-1)45-27-17-28-47(39-45)57(53-34-16-15-29-48(53)41-21-7-2-8-22-41)46-37-35-42(36-38-46)49-32-18-33-52-55(44-25-11-4-12-26-44)54(43-23-9-3-10-24-43)50-30-13-14-31-51(50)56(49)52/h1-39H. The Balaban J connectivity index is 1.17. The van der Waals surface area contributed by atoms with Crippen LogP contribution in [-0.4, -0.2) is 0 Å². The maximum atomic E-state index is 2.40. The second kappa shape index (κ2) is 15.0. The molecule has 10 rings (SSSR count). The van der Waals surface area contributed by atoms with E-state index in [1.807, 2.05) is 0 Å². The molecule has 0 bridgehead atoms. The van der Waals surface area contributed by atoms with Gasteiger partial charge in [-0.25, -0.2) is 0 Å². The maximum Gasteiger partial charge on any atom is 0.0540 e. The third kappa shape index (κ3) is 6.36. The summed E-state index contributed by atoms with van der Waals surface area (Å²) in [6, 6.07) is 85.5. The van der Waals surface area contributed by atoms with Gasteiger partial charge in [0.25, 0.3) is 0 Å². The third-order valence-electron chi connectivity index (χ3n) is 11.1. The van der Waals surface area contributed by atoms with Gasteiger partial charge < -0.3 is 4.90 Å². The molecule has 10 aromatic carbocycles. The number of benzene rings is 10. The minimum absolute atomic E-state index is 1.09. The predicted molar refractivity (Wildman–Crippen MR) is 243 cm³/mol. The van der Waals surface area contributed by atoms with Crippen LogP contribution in [0.1, 0.15) is 0 Å². The van der Waals surface area contributed by atoms with E-state index in [-0.39, 0.29) is 0 Å². The average Bonchev–Trinajstić information content (AvgIpc) is 3.30. The van der Waals surface area contributed by atoms with Crippen LogP contribution in [0.4, 0.5) is 17.1 Å². The van der Waals surface area contributed by atoms with Gasteiger partial charge in [-0.1, -0.05) is 206 Å². The molecule has 0 fully saturated rings. The second-order valence-electron chi connectivity index (χ2n) is 14.4. The molecule has 0 unspecified atom stereocenters. The number of anilines is 3. The molecule has 0 aliphatic rings. The fourth-order valence-electron chi connectivity index (χ4n) is 8.49. The molecule has 0 heterocycles. The summed E-state index contributed by atoms with van der Waals surface area (Å²) >= 11 is 0. The zero-order valence-electron chi connectivity index (χ0n) is 31.5. The summed E-state index contributed by atoms with van der Waals surface area (Å²) < 4.78 is 0. The molecule has 0 aliphatic heterocycles. The van der Waals surface area contributed by atoms with Crippen molar-refractivity contribution in [1.82, 2.24) is 0 Å². The first-order valence-electron chi connectivity index (χ1n) is 19.6. The number of fused-ring (bicyclic) bond motifs is 3. The van der Waals surface area contributed by atoms with Gasteiger partial charge in [0.15, 0.2) is 0 Å². The van der Waals surface area contributed by atoms with E-state index in [2.05, 4.69) is 241 Å². The number of nitrogens with zero attached hydrogens (tertiary/aromatic N) is 1. The van der Waals surface area contributed by atoms with E-state index in [1.165, 1.54) is 77.2 Å². The Labute approximate surface area is 334 Å². The molecule has 0 saturated heterocycles. The van der Waals surface area contributed by atoms with Gasteiger partial charge in [0.2, 0.25) is 0 Å². The molecule has 0 amide bonds. The van der Waals surface area contributed by atoms with Crippen LogP contribution in [0.25, 0.3) is 77.2 Å². The van der Waals surface area contributed by atoms with E-state index in [1.54, 1.807) is 0 Å².